The molecule has 0 atom stereocenters. The Labute approximate surface area is 113 Å². The largest absolute Gasteiger partial charge is 0.453 e. The zero-order valence-electron chi connectivity index (χ0n) is 11.2. The van der Waals surface area contributed by atoms with Gasteiger partial charge in [-0.05, 0) is 37.5 Å². The predicted molar refractivity (Wildman–Crippen MR) is 70.1 cm³/mol. The summed E-state index contributed by atoms with van der Waals surface area (Å²) in [6.07, 6.45) is 9.17. The molecule has 3 fully saturated rings. The van der Waals surface area contributed by atoms with Crippen molar-refractivity contribution < 1.29 is 14.3 Å². The maximum absolute atomic E-state index is 12.0. The molecule has 0 unspecified atom stereocenters. The average Bonchev–Trinajstić information content (AvgIpc) is 3.07. The number of Topliss-reactive ketones (excluding diaryl/α,β-unsaturated/α-hetero) is 1. The van der Waals surface area contributed by atoms with Crippen LogP contribution in [0.1, 0.15) is 57.8 Å². The predicted octanol–water partition coefficient (Wildman–Crippen LogP) is 2.64. The second-order valence-electron chi connectivity index (χ2n) is 6.28. The maximum atomic E-state index is 12.0. The molecule has 3 aliphatic rings. The van der Waals surface area contributed by atoms with E-state index in [0.29, 0.717) is 11.8 Å². The first kappa shape index (κ1) is 12.8. The number of hydrogen-bond donors (Lipinski definition) is 1. The van der Waals surface area contributed by atoms with Crippen LogP contribution in [0.4, 0.5) is 0 Å². The fraction of sp³-hybridized carbons (Fsp3) is 0.800. The first-order chi connectivity index (χ1) is 9.13. The van der Waals surface area contributed by atoms with Gasteiger partial charge in [0.15, 0.2) is 11.5 Å². The molecule has 0 radical (unpaired) electrons. The van der Waals surface area contributed by atoms with Crippen LogP contribution >= 0.6 is 0 Å². The molecule has 2 aliphatic carbocycles. The van der Waals surface area contributed by atoms with Gasteiger partial charge in [0.1, 0.15) is 5.60 Å². The molecule has 0 amide bonds. The summed E-state index contributed by atoms with van der Waals surface area (Å²) < 4.78 is 5.74. The molecule has 19 heavy (non-hydrogen) atoms. The Morgan fingerprint density at radius 3 is 1.84 bits per heavy atom. The van der Waals surface area contributed by atoms with E-state index in [2.05, 4.69) is 0 Å². The Morgan fingerprint density at radius 1 is 0.947 bits per heavy atom. The molecular formula is C15H21NO3. The minimum atomic E-state index is -0.685. The van der Waals surface area contributed by atoms with Crippen molar-refractivity contribution in [1.82, 2.24) is 0 Å². The van der Waals surface area contributed by atoms with Gasteiger partial charge in [-0.25, -0.2) is 4.79 Å². The number of ether oxygens (including phenoxy) is 1. The molecular weight excluding hydrogens is 242 g/mol. The van der Waals surface area contributed by atoms with Crippen molar-refractivity contribution in [3.05, 3.63) is 0 Å². The standard InChI is InChI=1S/C15H21NO3/c16-13-12(17)9-15(19-14(13)18,10-5-1-2-6-10)11-7-3-4-8-11/h10-11,16H,1-9H2. The summed E-state index contributed by atoms with van der Waals surface area (Å²) >= 11 is 0. The maximum Gasteiger partial charge on any atom is 0.360 e. The lowest BCUT2D eigenvalue weighted by atomic mass is 9.70. The molecule has 1 aliphatic heterocycles. The number of carbonyl (C=O) groups is 2. The Morgan fingerprint density at radius 2 is 1.42 bits per heavy atom. The van der Waals surface area contributed by atoms with E-state index < -0.39 is 17.3 Å². The Hall–Kier alpha value is -1.19. The van der Waals surface area contributed by atoms with Crippen LogP contribution in [-0.2, 0) is 14.3 Å². The van der Waals surface area contributed by atoms with Crippen LogP contribution in [0, 0.1) is 17.2 Å². The summed E-state index contributed by atoms with van der Waals surface area (Å²) in [6.45, 7) is 0. The van der Waals surface area contributed by atoms with Gasteiger partial charge in [-0.15, -0.1) is 0 Å². The van der Waals surface area contributed by atoms with Crippen LogP contribution in [0.5, 0.6) is 0 Å². The molecule has 0 bridgehead atoms. The van der Waals surface area contributed by atoms with Gasteiger partial charge in [0.2, 0.25) is 0 Å². The molecule has 4 nitrogen and oxygen atoms in total. The molecule has 1 saturated heterocycles. The molecule has 1 heterocycles. The summed E-state index contributed by atoms with van der Waals surface area (Å²) in [7, 11) is 0. The lowest BCUT2D eigenvalue weighted by Crippen LogP contribution is -2.55. The van der Waals surface area contributed by atoms with Gasteiger partial charge < -0.3 is 4.74 Å². The van der Waals surface area contributed by atoms with Crippen molar-refractivity contribution in [3.63, 3.8) is 0 Å². The number of hydrogen-bond acceptors (Lipinski definition) is 4. The van der Waals surface area contributed by atoms with Gasteiger partial charge in [0.25, 0.3) is 0 Å². The Kier molecular flexibility index (Phi) is 3.19. The third-order valence-electron chi connectivity index (χ3n) is 5.29. The fourth-order valence-corrected chi connectivity index (χ4v) is 4.33. The molecule has 2 saturated carbocycles. The third-order valence-corrected chi connectivity index (χ3v) is 5.29. The second-order valence-corrected chi connectivity index (χ2v) is 6.28. The smallest absolute Gasteiger partial charge is 0.360 e. The summed E-state index contributed by atoms with van der Waals surface area (Å²) in [5, 5.41) is 7.49. The van der Waals surface area contributed by atoms with Crippen molar-refractivity contribution in [2.45, 2.75) is 63.4 Å². The topological polar surface area (TPSA) is 67.2 Å². The van der Waals surface area contributed by atoms with E-state index in [-0.39, 0.29) is 12.2 Å². The number of nitrogens with one attached hydrogen (secondary N) is 1. The summed E-state index contributed by atoms with van der Waals surface area (Å²) in [4.78, 5) is 23.9. The Balaban J connectivity index is 1.93. The lowest BCUT2D eigenvalue weighted by Gasteiger charge is -2.45. The van der Waals surface area contributed by atoms with E-state index in [4.69, 9.17) is 10.1 Å². The molecule has 0 spiro atoms. The van der Waals surface area contributed by atoms with E-state index in [0.717, 1.165) is 25.7 Å². The van der Waals surface area contributed by atoms with Crippen molar-refractivity contribution in [3.8, 4) is 0 Å². The SMILES string of the molecule is N=C1C(=O)CC(C2CCCC2)(C2CCCC2)OC1=O. The summed E-state index contributed by atoms with van der Waals surface area (Å²) in [6, 6.07) is 0. The first-order valence-corrected chi connectivity index (χ1v) is 7.48. The summed E-state index contributed by atoms with van der Waals surface area (Å²) in [5.41, 5.74) is -1.03. The highest BCUT2D eigenvalue weighted by Crippen LogP contribution is 2.50. The van der Waals surface area contributed by atoms with Gasteiger partial charge >= 0.3 is 5.97 Å². The minimum absolute atomic E-state index is 0.257. The first-order valence-electron chi connectivity index (χ1n) is 7.48. The molecule has 0 aromatic carbocycles. The van der Waals surface area contributed by atoms with Gasteiger partial charge in [-0.3, -0.25) is 10.2 Å². The number of rotatable bonds is 2. The number of cyclic esters (lactones) is 1. The molecule has 1 N–H and O–H groups in total. The van der Waals surface area contributed by atoms with Crippen LogP contribution in [0.2, 0.25) is 0 Å². The van der Waals surface area contributed by atoms with Crippen LogP contribution in [-0.4, -0.2) is 23.1 Å². The normalized spacial score (nSPS) is 28.9. The van der Waals surface area contributed by atoms with E-state index in [9.17, 15) is 9.59 Å². The second kappa shape index (κ2) is 4.73. The fourth-order valence-electron chi connectivity index (χ4n) is 4.33. The van der Waals surface area contributed by atoms with E-state index in [1.54, 1.807) is 0 Å². The average molecular weight is 263 g/mol. The number of esters is 1. The molecule has 0 aromatic heterocycles. The van der Waals surface area contributed by atoms with Crippen molar-refractivity contribution in [1.29, 1.82) is 5.41 Å². The van der Waals surface area contributed by atoms with Crippen molar-refractivity contribution in [2.75, 3.05) is 0 Å². The van der Waals surface area contributed by atoms with Crippen LogP contribution in [0.25, 0.3) is 0 Å². The minimum Gasteiger partial charge on any atom is -0.453 e. The van der Waals surface area contributed by atoms with Crippen LogP contribution < -0.4 is 0 Å². The number of ketones is 1. The lowest BCUT2D eigenvalue weighted by molar-refractivity contribution is -0.174. The van der Waals surface area contributed by atoms with E-state index in [1.165, 1.54) is 25.7 Å². The van der Waals surface area contributed by atoms with Gasteiger partial charge in [0.05, 0.1) is 6.42 Å². The highest BCUT2D eigenvalue weighted by atomic mass is 16.6. The Bertz CT molecular complexity index is 379. The highest BCUT2D eigenvalue weighted by molar-refractivity contribution is 6.64. The van der Waals surface area contributed by atoms with Gasteiger partial charge in [0, 0.05) is 0 Å². The molecule has 104 valence electrons. The van der Waals surface area contributed by atoms with E-state index in [1.807, 2.05) is 0 Å². The quantitative estimate of drug-likeness (QED) is 0.779. The molecule has 3 rings (SSSR count). The third kappa shape index (κ3) is 2.01. The number of carbonyl (C=O) groups excluding carboxylic acids is 2. The summed E-state index contributed by atoms with van der Waals surface area (Å²) in [5.74, 6) is -0.335. The molecule has 4 heteroatoms. The van der Waals surface area contributed by atoms with Gasteiger partial charge in [-0.1, -0.05) is 25.7 Å². The van der Waals surface area contributed by atoms with Crippen LogP contribution in [0.3, 0.4) is 0 Å². The van der Waals surface area contributed by atoms with Crippen molar-refractivity contribution in [2.24, 2.45) is 11.8 Å². The monoisotopic (exact) mass is 263 g/mol. The van der Waals surface area contributed by atoms with E-state index >= 15 is 0 Å². The zero-order valence-corrected chi connectivity index (χ0v) is 11.2. The molecule has 0 aromatic rings. The van der Waals surface area contributed by atoms with Gasteiger partial charge in [-0.2, -0.15) is 0 Å². The highest BCUT2D eigenvalue weighted by Gasteiger charge is 2.54. The van der Waals surface area contributed by atoms with Crippen LogP contribution in [0.15, 0.2) is 0 Å². The zero-order chi connectivity index (χ0) is 13.5. The van der Waals surface area contributed by atoms with Crippen molar-refractivity contribution >= 4 is 17.5 Å².